The number of rotatable bonds is 5. The Balaban J connectivity index is 1.82. The van der Waals surface area contributed by atoms with E-state index < -0.39 is 0 Å². The largest absolute Gasteiger partial charge is 0.350 e. The van der Waals surface area contributed by atoms with E-state index in [9.17, 15) is 4.79 Å². The van der Waals surface area contributed by atoms with Crippen LogP contribution in [0.1, 0.15) is 34.2 Å². The first kappa shape index (κ1) is 16.2. The lowest BCUT2D eigenvalue weighted by Gasteiger charge is -2.08. The summed E-state index contributed by atoms with van der Waals surface area (Å²) in [6, 6.07) is 1.82. The fourth-order valence-electron chi connectivity index (χ4n) is 2.85. The van der Waals surface area contributed by atoms with Crippen molar-refractivity contribution in [3.63, 3.8) is 0 Å². The van der Waals surface area contributed by atoms with Crippen molar-refractivity contribution in [2.24, 2.45) is 0 Å². The third kappa shape index (κ3) is 3.02. The van der Waals surface area contributed by atoms with E-state index in [4.69, 9.17) is 0 Å². The van der Waals surface area contributed by atoms with Crippen LogP contribution in [0.3, 0.4) is 0 Å². The van der Waals surface area contributed by atoms with Gasteiger partial charge in [-0.05, 0) is 39.3 Å². The molecule has 126 valence electrons. The minimum atomic E-state index is -0.104. The van der Waals surface area contributed by atoms with Crippen LogP contribution in [0.4, 0.5) is 0 Å². The van der Waals surface area contributed by atoms with Crippen LogP contribution in [0, 0.1) is 20.8 Å². The smallest absolute Gasteiger partial charge is 0.252 e. The molecule has 0 unspecified atom stereocenters. The summed E-state index contributed by atoms with van der Waals surface area (Å²) in [6.45, 7) is 9.69. The number of aryl methyl sites for hydroxylation is 4. The van der Waals surface area contributed by atoms with Crippen LogP contribution in [0.5, 0.6) is 0 Å². The maximum atomic E-state index is 12.7. The van der Waals surface area contributed by atoms with Gasteiger partial charge in [0, 0.05) is 25.0 Å². The fourth-order valence-corrected chi connectivity index (χ4v) is 2.85. The molecular formula is C17H22N6O. The van der Waals surface area contributed by atoms with Crippen molar-refractivity contribution in [1.82, 2.24) is 29.9 Å². The van der Waals surface area contributed by atoms with Gasteiger partial charge in [-0.3, -0.25) is 9.48 Å². The van der Waals surface area contributed by atoms with Crippen LogP contribution in [-0.2, 0) is 13.1 Å². The Morgan fingerprint density at radius 2 is 2.08 bits per heavy atom. The molecule has 0 aliphatic carbocycles. The number of carbonyl (C=O) groups excluding carboxylic acids is 1. The quantitative estimate of drug-likeness (QED) is 0.778. The molecule has 24 heavy (non-hydrogen) atoms. The van der Waals surface area contributed by atoms with Gasteiger partial charge in [0.2, 0.25) is 0 Å². The minimum Gasteiger partial charge on any atom is -0.350 e. The summed E-state index contributed by atoms with van der Waals surface area (Å²) in [5, 5.41) is 12.5. The second-order valence-corrected chi connectivity index (χ2v) is 5.95. The van der Waals surface area contributed by atoms with Crippen molar-refractivity contribution in [2.45, 2.75) is 40.8 Å². The molecule has 0 bridgehead atoms. The van der Waals surface area contributed by atoms with Gasteiger partial charge in [-0.25, -0.2) is 9.67 Å². The highest BCUT2D eigenvalue weighted by atomic mass is 16.1. The lowest BCUT2D eigenvalue weighted by Crippen LogP contribution is -2.27. The predicted molar refractivity (Wildman–Crippen MR) is 92.0 cm³/mol. The number of fused-ring (bicyclic) bond motifs is 1. The van der Waals surface area contributed by atoms with Crippen molar-refractivity contribution < 1.29 is 4.79 Å². The van der Waals surface area contributed by atoms with E-state index in [1.165, 1.54) is 0 Å². The Hall–Kier alpha value is -2.70. The molecule has 0 aliphatic heterocycles. The minimum absolute atomic E-state index is 0.104. The number of carbonyl (C=O) groups is 1. The van der Waals surface area contributed by atoms with Gasteiger partial charge in [0.25, 0.3) is 5.91 Å². The van der Waals surface area contributed by atoms with E-state index in [1.54, 1.807) is 6.20 Å². The Kier molecular flexibility index (Phi) is 4.33. The molecule has 0 fully saturated rings. The molecule has 3 rings (SSSR count). The fraction of sp³-hybridized carbons (Fsp3) is 0.412. The van der Waals surface area contributed by atoms with Crippen LogP contribution in [-0.4, -0.2) is 37.0 Å². The molecule has 3 aromatic rings. The van der Waals surface area contributed by atoms with Crippen LogP contribution >= 0.6 is 0 Å². The summed E-state index contributed by atoms with van der Waals surface area (Å²) in [5.41, 5.74) is 4.14. The molecule has 7 nitrogen and oxygen atoms in total. The van der Waals surface area contributed by atoms with Gasteiger partial charge in [-0.1, -0.05) is 0 Å². The van der Waals surface area contributed by atoms with Gasteiger partial charge in [-0.15, -0.1) is 0 Å². The Morgan fingerprint density at radius 1 is 1.29 bits per heavy atom. The first-order valence-corrected chi connectivity index (χ1v) is 8.11. The van der Waals surface area contributed by atoms with Crippen molar-refractivity contribution in [3.8, 4) is 0 Å². The van der Waals surface area contributed by atoms with E-state index in [0.29, 0.717) is 18.7 Å². The predicted octanol–water partition coefficient (Wildman–Crippen LogP) is 2.00. The molecule has 7 heteroatoms. The van der Waals surface area contributed by atoms with Gasteiger partial charge >= 0.3 is 0 Å². The van der Waals surface area contributed by atoms with Crippen molar-refractivity contribution in [1.29, 1.82) is 0 Å². The lowest BCUT2D eigenvalue weighted by molar-refractivity contribution is 0.0953. The average Bonchev–Trinajstić information content (AvgIpc) is 3.10. The second-order valence-electron chi connectivity index (χ2n) is 5.95. The molecule has 0 aliphatic rings. The van der Waals surface area contributed by atoms with Gasteiger partial charge in [-0.2, -0.15) is 10.2 Å². The summed E-state index contributed by atoms with van der Waals surface area (Å²) in [7, 11) is 0. The Labute approximate surface area is 140 Å². The Bertz CT molecular complexity index is 892. The first-order valence-electron chi connectivity index (χ1n) is 8.11. The van der Waals surface area contributed by atoms with Crippen LogP contribution in [0.2, 0.25) is 0 Å². The summed E-state index contributed by atoms with van der Waals surface area (Å²) in [5.74, 6) is -0.104. The van der Waals surface area contributed by atoms with Gasteiger partial charge in [0.15, 0.2) is 5.65 Å². The lowest BCUT2D eigenvalue weighted by atomic mass is 10.1. The van der Waals surface area contributed by atoms with Crippen LogP contribution in [0.25, 0.3) is 11.0 Å². The van der Waals surface area contributed by atoms with Crippen molar-refractivity contribution >= 4 is 16.9 Å². The van der Waals surface area contributed by atoms with E-state index in [-0.39, 0.29) is 5.91 Å². The van der Waals surface area contributed by atoms with Gasteiger partial charge in [0.1, 0.15) is 0 Å². The molecule has 0 spiro atoms. The number of pyridine rings is 1. The van der Waals surface area contributed by atoms with E-state index in [0.717, 1.165) is 34.5 Å². The topological polar surface area (TPSA) is 77.6 Å². The number of nitrogens with one attached hydrogen (secondary N) is 1. The highest BCUT2D eigenvalue weighted by molar-refractivity contribution is 6.06. The number of aromatic nitrogens is 5. The standard InChI is InChI=1S/C17H22N6O/c1-5-23-16-15(13(4)21-23)14(8-12(3)20-16)17(24)18-6-7-22-10-11(2)9-19-22/h8-10H,5-7H2,1-4H3,(H,18,24). The highest BCUT2D eigenvalue weighted by Gasteiger charge is 2.18. The molecule has 1 N–H and O–H groups in total. The second kappa shape index (κ2) is 6.43. The van der Waals surface area contributed by atoms with E-state index in [2.05, 4.69) is 20.5 Å². The summed E-state index contributed by atoms with van der Waals surface area (Å²) in [6.07, 6.45) is 3.76. The summed E-state index contributed by atoms with van der Waals surface area (Å²) < 4.78 is 3.66. The molecule has 0 radical (unpaired) electrons. The third-order valence-corrected chi connectivity index (χ3v) is 3.94. The van der Waals surface area contributed by atoms with Crippen molar-refractivity contribution in [2.75, 3.05) is 6.54 Å². The third-order valence-electron chi connectivity index (χ3n) is 3.94. The number of nitrogens with zero attached hydrogens (tertiary/aromatic N) is 5. The van der Waals surface area contributed by atoms with E-state index >= 15 is 0 Å². The maximum absolute atomic E-state index is 12.7. The van der Waals surface area contributed by atoms with E-state index in [1.807, 2.05) is 49.3 Å². The van der Waals surface area contributed by atoms with Gasteiger partial charge in [0.05, 0.1) is 29.4 Å². The van der Waals surface area contributed by atoms with Gasteiger partial charge < -0.3 is 5.32 Å². The number of amides is 1. The molecule has 0 saturated carbocycles. The zero-order valence-corrected chi connectivity index (χ0v) is 14.5. The Morgan fingerprint density at radius 3 is 2.75 bits per heavy atom. The summed E-state index contributed by atoms with van der Waals surface area (Å²) >= 11 is 0. The molecule has 3 heterocycles. The van der Waals surface area contributed by atoms with Crippen LogP contribution in [0.15, 0.2) is 18.5 Å². The SMILES string of the molecule is CCn1nc(C)c2c(C(=O)NCCn3cc(C)cn3)cc(C)nc21. The first-order chi connectivity index (χ1) is 11.5. The normalized spacial score (nSPS) is 11.2. The monoisotopic (exact) mass is 326 g/mol. The van der Waals surface area contributed by atoms with Crippen molar-refractivity contribution in [3.05, 3.63) is 41.0 Å². The zero-order valence-electron chi connectivity index (χ0n) is 14.5. The molecule has 0 atom stereocenters. The molecular weight excluding hydrogens is 304 g/mol. The summed E-state index contributed by atoms with van der Waals surface area (Å²) in [4.78, 5) is 17.2. The number of hydrogen-bond acceptors (Lipinski definition) is 4. The molecule has 3 aromatic heterocycles. The van der Waals surface area contributed by atoms with Crippen LogP contribution < -0.4 is 5.32 Å². The zero-order chi connectivity index (χ0) is 17.3. The molecule has 0 aromatic carbocycles. The highest BCUT2D eigenvalue weighted by Crippen LogP contribution is 2.22. The number of hydrogen-bond donors (Lipinski definition) is 1. The molecule has 0 saturated heterocycles. The average molecular weight is 326 g/mol. The molecule has 1 amide bonds. The maximum Gasteiger partial charge on any atom is 0.252 e.